The van der Waals surface area contributed by atoms with Crippen molar-refractivity contribution >= 4 is 17.5 Å². The molecule has 0 saturated heterocycles. The molecule has 1 saturated carbocycles. The van der Waals surface area contributed by atoms with E-state index >= 15 is 0 Å². The first-order valence-electron chi connectivity index (χ1n) is 7.03. The first-order chi connectivity index (χ1) is 9.69. The molecule has 0 unspecified atom stereocenters. The molecule has 1 aliphatic carbocycles. The Balaban J connectivity index is 1.82. The Morgan fingerprint density at radius 2 is 2.20 bits per heavy atom. The van der Waals surface area contributed by atoms with E-state index < -0.39 is 0 Å². The minimum Gasteiger partial charge on any atom is -0.395 e. The van der Waals surface area contributed by atoms with Crippen LogP contribution in [-0.4, -0.2) is 41.0 Å². The zero-order valence-corrected chi connectivity index (χ0v) is 11.3. The van der Waals surface area contributed by atoms with Gasteiger partial charge in [0.25, 0.3) is 5.91 Å². The van der Waals surface area contributed by atoms with Crippen LogP contribution >= 0.6 is 0 Å². The fourth-order valence-electron chi connectivity index (χ4n) is 2.77. The normalized spacial score (nSPS) is 17.4. The van der Waals surface area contributed by atoms with E-state index in [-0.39, 0.29) is 24.5 Å². The van der Waals surface area contributed by atoms with Gasteiger partial charge in [0, 0.05) is 23.8 Å². The Morgan fingerprint density at radius 1 is 1.40 bits per heavy atom. The van der Waals surface area contributed by atoms with Crippen LogP contribution in [0.3, 0.4) is 0 Å². The lowest BCUT2D eigenvalue weighted by Crippen LogP contribution is -2.45. The van der Waals surface area contributed by atoms with Gasteiger partial charge < -0.3 is 15.3 Å². The highest BCUT2D eigenvalue weighted by Crippen LogP contribution is 2.28. The zero-order valence-electron chi connectivity index (χ0n) is 11.3. The van der Waals surface area contributed by atoms with Gasteiger partial charge in [0.15, 0.2) is 0 Å². The topological polar surface area (TPSA) is 69.6 Å². The van der Waals surface area contributed by atoms with Crippen molar-refractivity contribution < 1.29 is 14.7 Å². The quantitative estimate of drug-likeness (QED) is 0.866. The van der Waals surface area contributed by atoms with E-state index in [0.29, 0.717) is 18.5 Å². The molecule has 1 aliphatic heterocycles. The maximum Gasteiger partial charge on any atom is 0.254 e. The molecule has 3 rings (SSSR count). The number of amides is 2. The van der Waals surface area contributed by atoms with Crippen LogP contribution in [0.4, 0.5) is 5.69 Å². The molecule has 106 valence electrons. The second kappa shape index (κ2) is 5.25. The lowest BCUT2D eigenvalue weighted by atomic mass is 9.91. The third-order valence-electron chi connectivity index (χ3n) is 4.10. The molecule has 0 bridgehead atoms. The van der Waals surface area contributed by atoms with E-state index in [0.717, 1.165) is 30.5 Å². The van der Waals surface area contributed by atoms with Gasteiger partial charge in [-0.3, -0.25) is 9.59 Å². The molecular weight excluding hydrogens is 256 g/mol. The van der Waals surface area contributed by atoms with Crippen LogP contribution in [-0.2, 0) is 11.2 Å². The molecule has 5 nitrogen and oxygen atoms in total. The smallest absolute Gasteiger partial charge is 0.254 e. The number of rotatable bonds is 4. The summed E-state index contributed by atoms with van der Waals surface area (Å²) in [5.41, 5.74) is 2.24. The van der Waals surface area contributed by atoms with Gasteiger partial charge in [-0.2, -0.15) is 0 Å². The molecule has 1 aromatic rings. The summed E-state index contributed by atoms with van der Waals surface area (Å²) < 4.78 is 0. The van der Waals surface area contributed by atoms with Crippen molar-refractivity contribution in [2.75, 3.05) is 18.5 Å². The van der Waals surface area contributed by atoms with Crippen LogP contribution < -0.4 is 5.32 Å². The first-order valence-corrected chi connectivity index (χ1v) is 7.03. The van der Waals surface area contributed by atoms with Crippen LogP contribution in [0.25, 0.3) is 0 Å². The molecule has 0 aromatic heterocycles. The maximum absolute atomic E-state index is 12.6. The van der Waals surface area contributed by atoms with E-state index in [2.05, 4.69) is 5.32 Å². The molecule has 0 atom stereocenters. The van der Waals surface area contributed by atoms with Crippen LogP contribution in [0.2, 0.25) is 0 Å². The Bertz CT molecular complexity index is 552. The summed E-state index contributed by atoms with van der Waals surface area (Å²) in [6.45, 7) is 0.344. The number of nitrogens with zero attached hydrogens (tertiary/aromatic N) is 1. The summed E-state index contributed by atoms with van der Waals surface area (Å²) in [6, 6.07) is 5.59. The highest BCUT2D eigenvalue weighted by atomic mass is 16.3. The molecule has 2 amide bonds. The van der Waals surface area contributed by atoms with Crippen molar-refractivity contribution in [3.05, 3.63) is 29.3 Å². The van der Waals surface area contributed by atoms with Crippen molar-refractivity contribution in [1.82, 2.24) is 4.90 Å². The molecule has 2 N–H and O–H groups in total. The van der Waals surface area contributed by atoms with E-state index in [1.54, 1.807) is 17.0 Å². The second-order valence-corrected chi connectivity index (χ2v) is 5.40. The number of carbonyl (C=O) groups is 2. The van der Waals surface area contributed by atoms with Gasteiger partial charge in [0.05, 0.1) is 13.0 Å². The summed E-state index contributed by atoms with van der Waals surface area (Å²) in [7, 11) is 0. The second-order valence-electron chi connectivity index (χ2n) is 5.40. The number of benzene rings is 1. The van der Waals surface area contributed by atoms with E-state index in [9.17, 15) is 9.59 Å². The summed E-state index contributed by atoms with van der Waals surface area (Å²) in [4.78, 5) is 25.6. The number of hydrogen-bond acceptors (Lipinski definition) is 3. The number of aliphatic hydroxyl groups is 1. The van der Waals surface area contributed by atoms with E-state index in [1.165, 1.54) is 0 Å². The van der Waals surface area contributed by atoms with Gasteiger partial charge in [-0.25, -0.2) is 0 Å². The minimum absolute atomic E-state index is 0.0239. The number of aliphatic hydroxyl groups excluding tert-OH is 1. The molecule has 1 aromatic carbocycles. The number of anilines is 1. The zero-order chi connectivity index (χ0) is 14.1. The third-order valence-corrected chi connectivity index (χ3v) is 4.10. The highest BCUT2D eigenvalue weighted by molar-refractivity contribution is 6.02. The average molecular weight is 274 g/mol. The molecule has 0 spiro atoms. The molecule has 0 radical (unpaired) electrons. The molecule has 1 fully saturated rings. The predicted molar refractivity (Wildman–Crippen MR) is 74.5 cm³/mol. The van der Waals surface area contributed by atoms with Crippen molar-refractivity contribution in [3.8, 4) is 0 Å². The minimum atomic E-state index is -0.0623. The lowest BCUT2D eigenvalue weighted by molar-refractivity contribution is -0.115. The third kappa shape index (κ3) is 2.29. The van der Waals surface area contributed by atoms with Gasteiger partial charge in [-0.05, 0) is 37.0 Å². The largest absolute Gasteiger partial charge is 0.395 e. The van der Waals surface area contributed by atoms with Crippen LogP contribution in [0.15, 0.2) is 18.2 Å². The summed E-state index contributed by atoms with van der Waals surface area (Å²) in [5, 5.41) is 11.9. The van der Waals surface area contributed by atoms with Crippen molar-refractivity contribution in [2.24, 2.45) is 0 Å². The number of hydrogen-bond donors (Lipinski definition) is 2. The Hall–Kier alpha value is -1.88. The van der Waals surface area contributed by atoms with Crippen LogP contribution in [0.1, 0.15) is 35.2 Å². The lowest BCUT2D eigenvalue weighted by Gasteiger charge is -2.37. The SMILES string of the molecule is O=C1Cc2ccc(C(=O)N(CCO)C3CCC3)cc2N1. The van der Waals surface area contributed by atoms with Gasteiger partial charge in [0.1, 0.15) is 0 Å². The predicted octanol–water partition coefficient (Wildman–Crippen LogP) is 1.17. The van der Waals surface area contributed by atoms with Crippen molar-refractivity contribution in [3.63, 3.8) is 0 Å². The molecular formula is C15H18N2O3. The molecule has 2 aliphatic rings. The number of carbonyl (C=O) groups excluding carboxylic acids is 2. The number of nitrogens with one attached hydrogen (secondary N) is 1. The first kappa shape index (κ1) is 13.1. The average Bonchev–Trinajstić information content (AvgIpc) is 2.74. The fraction of sp³-hybridized carbons (Fsp3) is 0.467. The van der Waals surface area contributed by atoms with Gasteiger partial charge in [-0.15, -0.1) is 0 Å². The maximum atomic E-state index is 12.6. The summed E-state index contributed by atoms with van der Waals surface area (Å²) in [5.74, 6) is -0.0940. The molecule has 1 heterocycles. The number of fused-ring (bicyclic) bond motifs is 1. The van der Waals surface area contributed by atoms with E-state index in [1.807, 2.05) is 6.07 Å². The van der Waals surface area contributed by atoms with Crippen molar-refractivity contribution in [2.45, 2.75) is 31.7 Å². The van der Waals surface area contributed by atoms with Crippen molar-refractivity contribution in [1.29, 1.82) is 0 Å². The van der Waals surface area contributed by atoms with E-state index in [4.69, 9.17) is 5.11 Å². The van der Waals surface area contributed by atoms with Gasteiger partial charge in [-0.1, -0.05) is 6.07 Å². The summed E-state index contributed by atoms with van der Waals surface area (Å²) >= 11 is 0. The Labute approximate surface area is 117 Å². The Kier molecular flexibility index (Phi) is 3.44. The molecule has 5 heteroatoms. The van der Waals surface area contributed by atoms with Crippen LogP contribution in [0, 0.1) is 0 Å². The molecule has 20 heavy (non-hydrogen) atoms. The van der Waals surface area contributed by atoms with Gasteiger partial charge in [0.2, 0.25) is 5.91 Å². The monoisotopic (exact) mass is 274 g/mol. The summed E-state index contributed by atoms with van der Waals surface area (Å²) in [6.07, 6.45) is 3.54. The van der Waals surface area contributed by atoms with Gasteiger partial charge >= 0.3 is 0 Å². The Morgan fingerprint density at radius 3 is 2.85 bits per heavy atom. The van der Waals surface area contributed by atoms with Crippen LogP contribution in [0.5, 0.6) is 0 Å². The fourth-order valence-corrected chi connectivity index (χ4v) is 2.77. The highest BCUT2D eigenvalue weighted by Gasteiger charge is 2.29. The standard InChI is InChI=1S/C15H18N2O3/c18-7-6-17(12-2-1-3-12)15(20)11-5-4-10-9-14(19)16-13(10)8-11/h4-5,8,12,18H,1-3,6-7,9H2,(H,16,19).